The van der Waals surface area contributed by atoms with Crippen LogP contribution in [-0.2, 0) is 5.66 Å². The molecule has 1 saturated carbocycles. The fourth-order valence-electron chi connectivity index (χ4n) is 3.99. The van der Waals surface area contributed by atoms with Crippen molar-refractivity contribution in [1.82, 2.24) is 14.9 Å². The second kappa shape index (κ2) is 5.61. The van der Waals surface area contributed by atoms with E-state index >= 15 is 0 Å². The summed E-state index contributed by atoms with van der Waals surface area (Å²) in [7, 11) is 0. The van der Waals surface area contributed by atoms with E-state index in [1.807, 2.05) is 6.92 Å². The number of nitrogens with zero attached hydrogens (tertiary/aromatic N) is 2. The predicted octanol–water partition coefficient (Wildman–Crippen LogP) is 2.24. The number of aryl methyl sites for hydroxylation is 1. The number of carbonyl (C=O) groups is 1. The zero-order chi connectivity index (χ0) is 17.6. The third-order valence-corrected chi connectivity index (χ3v) is 5.11. The zero-order valence-electron chi connectivity index (χ0n) is 14.1. The highest BCUT2D eigenvalue weighted by Crippen LogP contribution is 2.37. The Kier molecular flexibility index (Phi) is 3.52. The van der Waals surface area contributed by atoms with Gasteiger partial charge >= 0.3 is 0 Å². The first kappa shape index (κ1) is 15.7. The van der Waals surface area contributed by atoms with Crippen molar-refractivity contribution in [3.05, 3.63) is 46.0 Å². The van der Waals surface area contributed by atoms with Gasteiger partial charge < -0.3 is 16.4 Å². The van der Waals surface area contributed by atoms with Crippen LogP contribution < -0.4 is 21.9 Å². The maximum Gasteiger partial charge on any atom is 0.276 e. The zero-order valence-corrected chi connectivity index (χ0v) is 14.1. The first-order chi connectivity index (χ1) is 12.0. The lowest BCUT2D eigenvalue weighted by molar-refractivity contribution is 0.0876. The molecule has 7 heteroatoms. The van der Waals surface area contributed by atoms with Gasteiger partial charge in [-0.2, -0.15) is 0 Å². The van der Waals surface area contributed by atoms with Gasteiger partial charge in [0, 0.05) is 18.0 Å². The Hall–Kier alpha value is -2.83. The molecule has 2 aromatic heterocycles. The van der Waals surface area contributed by atoms with Gasteiger partial charge in [0.25, 0.3) is 11.5 Å². The molecule has 7 nitrogen and oxygen atoms in total. The molecule has 2 aromatic rings. The lowest BCUT2D eigenvalue weighted by Crippen LogP contribution is -2.48. The average Bonchev–Trinajstić information content (AvgIpc) is 2.85. The largest absolute Gasteiger partial charge is 0.399 e. The molecule has 2 aliphatic rings. The van der Waals surface area contributed by atoms with Crippen LogP contribution >= 0.6 is 0 Å². The summed E-state index contributed by atoms with van der Waals surface area (Å²) in [6, 6.07) is 5.07. The second-order valence-electron chi connectivity index (χ2n) is 6.88. The van der Waals surface area contributed by atoms with Crippen LogP contribution in [0.2, 0.25) is 0 Å². The van der Waals surface area contributed by atoms with Crippen molar-refractivity contribution < 1.29 is 4.79 Å². The summed E-state index contributed by atoms with van der Waals surface area (Å²) >= 11 is 0. The molecule has 4 N–H and O–H groups in total. The number of pyridine rings is 2. The molecule has 1 amide bonds. The SMILES string of the molecule is Cc1cc(Nc2cc(N)ccn2)c(=O)n2c1C(=O)NC21CCCCC1. The number of amides is 1. The highest BCUT2D eigenvalue weighted by molar-refractivity contribution is 5.97. The van der Waals surface area contributed by atoms with Crippen molar-refractivity contribution in [2.24, 2.45) is 0 Å². The number of carbonyl (C=O) groups excluding carboxylic acids is 1. The normalized spacial score (nSPS) is 18.0. The van der Waals surface area contributed by atoms with Crippen LogP contribution in [0.1, 0.15) is 48.2 Å². The van der Waals surface area contributed by atoms with Crippen LogP contribution in [0.15, 0.2) is 29.2 Å². The Bertz CT molecular complexity index is 912. The minimum absolute atomic E-state index is 0.162. The fourth-order valence-corrected chi connectivity index (χ4v) is 3.99. The van der Waals surface area contributed by atoms with Crippen LogP contribution in [0.4, 0.5) is 17.2 Å². The number of rotatable bonds is 2. The molecule has 0 radical (unpaired) electrons. The fraction of sp³-hybridized carbons (Fsp3) is 0.389. The number of hydrogen-bond donors (Lipinski definition) is 3. The first-order valence-electron chi connectivity index (χ1n) is 8.58. The number of nitrogens with two attached hydrogens (primary N) is 1. The summed E-state index contributed by atoms with van der Waals surface area (Å²) in [4.78, 5) is 29.9. The van der Waals surface area contributed by atoms with Gasteiger partial charge in [-0.1, -0.05) is 6.42 Å². The Morgan fingerprint density at radius 2 is 2.00 bits per heavy atom. The van der Waals surface area contributed by atoms with E-state index in [1.165, 1.54) is 0 Å². The molecule has 25 heavy (non-hydrogen) atoms. The van der Waals surface area contributed by atoms with Crippen molar-refractivity contribution in [2.75, 3.05) is 11.1 Å². The van der Waals surface area contributed by atoms with Crippen LogP contribution in [0, 0.1) is 6.92 Å². The molecule has 130 valence electrons. The summed E-state index contributed by atoms with van der Waals surface area (Å²) in [5, 5.41) is 6.13. The van der Waals surface area contributed by atoms with Crippen molar-refractivity contribution in [1.29, 1.82) is 0 Å². The Morgan fingerprint density at radius 3 is 2.72 bits per heavy atom. The summed E-state index contributed by atoms with van der Waals surface area (Å²) in [5.74, 6) is 0.345. The summed E-state index contributed by atoms with van der Waals surface area (Å²) < 4.78 is 1.67. The second-order valence-corrected chi connectivity index (χ2v) is 6.88. The smallest absolute Gasteiger partial charge is 0.276 e. The van der Waals surface area contributed by atoms with Gasteiger partial charge in [-0.25, -0.2) is 4.98 Å². The predicted molar refractivity (Wildman–Crippen MR) is 95.9 cm³/mol. The highest BCUT2D eigenvalue weighted by atomic mass is 16.2. The number of hydrogen-bond acceptors (Lipinski definition) is 5. The minimum Gasteiger partial charge on any atom is -0.399 e. The van der Waals surface area contributed by atoms with Gasteiger partial charge in [0.05, 0.1) is 0 Å². The van der Waals surface area contributed by atoms with E-state index in [0.717, 1.165) is 37.7 Å². The van der Waals surface area contributed by atoms with Gasteiger partial charge in [0.15, 0.2) is 0 Å². The van der Waals surface area contributed by atoms with Gasteiger partial charge in [-0.15, -0.1) is 0 Å². The van der Waals surface area contributed by atoms with E-state index in [2.05, 4.69) is 15.6 Å². The van der Waals surface area contributed by atoms with Crippen LogP contribution in [0.25, 0.3) is 0 Å². The molecule has 1 fully saturated rings. The maximum absolute atomic E-state index is 13.2. The van der Waals surface area contributed by atoms with Gasteiger partial charge in [-0.3, -0.25) is 14.2 Å². The number of nitrogen functional groups attached to an aromatic ring is 1. The van der Waals surface area contributed by atoms with Crippen molar-refractivity contribution in [2.45, 2.75) is 44.7 Å². The van der Waals surface area contributed by atoms with Crippen molar-refractivity contribution in [3.8, 4) is 0 Å². The minimum atomic E-state index is -0.590. The van der Waals surface area contributed by atoms with E-state index in [-0.39, 0.29) is 11.5 Å². The molecule has 0 bridgehead atoms. The first-order valence-corrected chi connectivity index (χ1v) is 8.58. The van der Waals surface area contributed by atoms with E-state index in [0.29, 0.717) is 22.9 Å². The molecule has 0 saturated heterocycles. The molecule has 0 aromatic carbocycles. The molecule has 1 aliphatic carbocycles. The molecular weight excluding hydrogens is 318 g/mol. The summed E-state index contributed by atoms with van der Waals surface area (Å²) in [6.45, 7) is 1.85. The van der Waals surface area contributed by atoms with E-state index < -0.39 is 5.66 Å². The standard InChI is InChI=1S/C18H21N5O2/c1-11-9-13(21-14-10-12(19)5-8-20-14)17(25)23-15(11)16(24)22-18(23)6-3-2-4-7-18/h5,8-10H,2-4,6-7H2,1H3,(H,22,24)(H3,19,20,21). The average molecular weight is 339 g/mol. The van der Waals surface area contributed by atoms with Gasteiger partial charge in [-0.05, 0) is 50.3 Å². The molecule has 4 rings (SSSR count). The Labute approximate surface area is 145 Å². The number of nitrogens with one attached hydrogen (secondary N) is 2. The van der Waals surface area contributed by atoms with E-state index in [1.54, 1.807) is 29.0 Å². The quantitative estimate of drug-likeness (QED) is 0.779. The number of fused-ring (bicyclic) bond motifs is 2. The molecular formula is C18H21N5O2. The van der Waals surface area contributed by atoms with Crippen LogP contribution in [0.3, 0.4) is 0 Å². The van der Waals surface area contributed by atoms with Gasteiger partial charge in [0.2, 0.25) is 0 Å². The van der Waals surface area contributed by atoms with Crippen molar-refractivity contribution in [3.63, 3.8) is 0 Å². The third-order valence-electron chi connectivity index (χ3n) is 5.11. The summed E-state index contributed by atoms with van der Waals surface area (Å²) in [5.41, 5.74) is 7.20. The van der Waals surface area contributed by atoms with E-state index in [4.69, 9.17) is 5.73 Å². The van der Waals surface area contributed by atoms with E-state index in [9.17, 15) is 9.59 Å². The number of aromatic nitrogens is 2. The molecule has 0 unspecified atom stereocenters. The van der Waals surface area contributed by atoms with Crippen molar-refractivity contribution >= 4 is 23.1 Å². The third kappa shape index (κ3) is 2.47. The lowest BCUT2D eigenvalue weighted by atomic mass is 9.89. The molecule has 1 spiro atoms. The maximum atomic E-state index is 13.2. The van der Waals surface area contributed by atoms with Gasteiger partial charge in [0.1, 0.15) is 22.9 Å². The summed E-state index contributed by atoms with van der Waals surface area (Å²) in [6.07, 6.45) is 6.28. The lowest BCUT2D eigenvalue weighted by Gasteiger charge is -2.35. The Balaban J connectivity index is 1.84. The Morgan fingerprint density at radius 1 is 1.24 bits per heavy atom. The number of anilines is 3. The molecule has 3 heterocycles. The molecule has 0 atom stereocenters. The highest BCUT2D eigenvalue weighted by Gasteiger charge is 2.45. The van der Waals surface area contributed by atoms with Crippen LogP contribution in [0.5, 0.6) is 0 Å². The van der Waals surface area contributed by atoms with Crippen LogP contribution in [-0.4, -0.2) is 15.5 Å². The molecule has 1 aliphatic heterocycles. The topological polar surface area (TPSA) is 102 Å². The monoisotopic (exact) mass is 339 g/mol.